The molecule has 1 fully saturated rings. The predicted octanol–water partition coefficient (Wildman–Crippen LogP) is -0.605. The maximum Gasteiger partial charge on any atom is 0.246 e. The molecule has 114 valence electrons. The highest BCUT2D eigenvalue weighted by Crippen LogP contribution is 2.24. The highest BCUT2D eigenvalue weighted by molar-refractivity contribution is 7.90. The lowest BCUT2D eigenvalue weighted by atomic mass is 10.2. The minimum Gasteiger partial charge on any atom is -0.244 e. The van der Waals surface area contributed by atoms with Crippen LogP contribution in [0.5, 0.6) is 0 Å². The van der Waals surface area contributed by atoms with E-state index in [4.69, 9.17) is 10.4 Å². The molecule has 2 rings (SSSR count). The molecule has 1 saturated heterocycles. The van der Waals surface area contributed by atoms with E-state index in [1.165, 1.54) is 18.3 Å². The van der Waals surface area contributed by atoms with Crippen LogP contribution in [0.2, 0.25) is 0 Å². The first-order valence-corrected chi connectivity index (χ1v) is 9.18. The van der Waals surface area contributed by atoms with Crippen molar-refractivity contribution in [3.05, 3.63) is 24.0 Å². The van der Waals surface area contributed by atoms with Crippen LogP contribution in [0.3, 0.4) is 0 Å². The molecule has 21 heavy (non-hydrogen) atoms. The molecule has 0 saturated carbocycles. The average Bonchev–Trinajstić information content (AvgIpc) is 2.46. The number of nitrogens with two attached hydrogens (primary N) is 1. The molecular formula is C11H14N4O4S2. The molecule has 0 radical (unpaired) electrons. The third kappa shape index (κ3) is 3.21. The molecule has 10 heteroatoms. The van der Waals surface area contributed by atoms with Crippen LogP contribution in [0.1, 0.15) is 18.5 Å². The SMILES string of the molecule is N#Cc1ncccc1S(=O)(=O)N1CCCC(S(N)(=O)=O)C1. The van der Waals surface area contributed by atoms with E-state index in [-0.39, 0.29) is 23.7 Å². The van der Waals surface area contributed by atoms with Gasteiger partial charge in [-0.15, -0.1) is 0 Å². The number of nitrogens with zero attached hydrogens (tertiary/aromatic N) is 3. The van der Waals surface area contributed by atoms with E-state index < -0.39 is 25.3 Å². The zero-order chi connectivity index (χ0) is 15.7. The summed E-state index contributed by atoms with van der Waals surface area (Å²) in [6, 6.07) is 4.41. The third-order valence-corrected chi connectivity index (χ3v) is 6.51. The second-order valence-electron chi connectivity index (χ2n) is 4.68. The number of hydrogen-bond acceptors (Lipinski definition) is 6. The first-order chi connectivity index (χ1) is 9.76. The molecule has 0 aromatic carbocycles. The summed E-state index contributed by atoms with van der Waals surface area (Å²) < 4.78 is 48.9. The van der Waals surface area contributed by atoms with Crippen LogP contribution in [0.15, 0.2) is 23.2 Å². The largest absolute Gasteiger partial charge is 0.246 e. The van der Waals surface area contributed by atoms with E-state index in [1.54, 1.807) is 6.07 Å². The van der Waals surface area contributed by atoms with E-state index in [2.05, 4.69) is 4.98 Å². The summed E-state index contributed by atoms with van der Waals surface area (Å²) in [4.78, 5) is 3.50. The summed E-state index contributed by atoms with van der Waals surface area (Å²) in [6.45, 7) is -0.0188. The van der Waals surface area contributed by atoms with Crippen molar-refractivity contribution in [2.45, 2.75) is 23.0 Å². The van der Waals surface area contributed by atoms with Gasteiger partial charge in [-0.05, 0) is 25.0 Å². The Labute approximate surface area is 123 Å². The maximum absolute atomic E-state index is 12.5. The van der Waals surface area contributed by atoms with Gasteiger partial charge in [-0.25, -0.2) is 27.0 Å². The Bertz CT molecular complexity index is 783. The van der Waals surface area contributed by atoms with Crippen molar-refractivity contribution in [2.24, 2.45) is 5.14 Å². The molecule has 1 aliphatic heterocycles. The molecule has 1 aromatic heterocycles. The van der Waals surface area contributed by atoms with Crippen LogP contribution in [0.25, 0.3) is 0 Å². The lowest BCUT2D eigenvalue weighted by Crippen LogP contribution is -2.47. The van der Waals surface area contributed by atoms with Gasteiger partial charge >= 0.3 is 0 Å². The number of nitriles is 1. The minimum absolute atomic E-state index is 0.189. The van der Waals surface area contributed by atoms with Crippen LogP contribution >= 0.6 is 0 Å². The van der Waals surface area contributed by atoms with Crippen molar-refractivity contribution in [2.75, 3.05) is 13.1 Å². The van der Waals surface area contributed by atoms with E-state index >= 15 is 0 Å². The average molecular weight is 330 g/mol. The number of pyridine rings is 1. The maximum atomic E-state index is 12.5. The third-order valence-electron chi connectivity index (χ3n) is 3.30. The summed E-state index contributed by atoms with van der Waals surface area (Å²) in [5, 5.41) is 13.1. The fourth-order valence-electron chi connectivity index (χ4n) is 2.21. The van der Waals surface area contributed by atoms with Gasteiger partial charge in [-0.1, -0.05) is 0 Å². The molecule has 2 N–H and O–H groups in total. The predicted molar refractivity (Wildman–Crippen MR) is 73.8 cm³/mol. The highest BCUT2D eigenvalue weighted by atomic mass is 32.2. The van der Waals surface area contributed by atoms with Gasteiger partial charge in [0, 0.05) is 19.3 Å². The topological polar surface area (TPSA) is 134 Å². The molecular weight excluding hydrogens is 316 g/mol. The Morgan fingerprint density at radius 3 is 2.71 bits per heavy atom. The quantitative estimate of drug-likeness (QED) is 0.786. The van der Waals surface area contributed by atoms with Crippen LogP contribution in [0.4, 0.5) is 0 Å². The Kier molecular flexibility index (Phi) is 4.29. The summed E-state index contributed by atoms with van der Waals surface area (Å²) >= 11 is 0. The number of rotatable bonds is 3. The molecule has 1 unspecified atom stereocenters. The van der Waals surface area contributed by atoms with Gasteiger partial charge in [0.1, 0.15) is 11.0 Å². The second kappa shape index (κ2) is 5.69. The van der Waals surface area contributed by atoms with Crippen molar-refractivity contribution < 1.29 is 16.8 Å². The molecule has 0 aliphatic carbocycles. The van der Waals surface area contributed by atoms with Gasteiger partial charge in [-0.2, -0.15) is 9.57 Å². The van der Waals surface area contributed by atoms with Crippen LogP contribution < -0.4 is 5.14 Å². The molecule has 8 nitrogen and oxygen atoms in total. The van der Waals surface area contributed by atoms with E-state index in [0.29, 0.717) is 12.8 Å². The van der Waals surface area contributed by atoms with Crippen LogP contribution in [-0.2, 0) is 20.0 Å². The van der Waals surface area contributed by atoms with Crippen molar-refractivity contribution >= 4 is 20.0 Å². The molecule has 1 aliphatic rings. The van der Waals surface area contributed by atoms with E-state index in [0.717, 1.165) is 4.31 Å². The second-order valence-corrected chi connectivity index (χ2v) is 8.43. The number of piperidine rings is 1. The fraction of sp³-hybridized carbons (Fsp3) is 0.455. The lowest BCUT2D eigenvalue weighted by Gasteiger charge is -2.30. The van der Waals surface area contributed by atoms with Crippen LogP contribution in [0, 0.1) is 11.3 Å². The zero-order valence-electron chi connectivity index (χ0n) is 11.0. The number of sulfonamides is 2. The molecule has 0 amide bonds. The number of primary sulfonamides is 1. The fourth-order valence-corrected chi connectivity index (χ4v) is 4.81. The van der Waals surface area contributed by atoms with Crippen molar-refractivity contribution in [3.63, 3.8) is 0 Å². The van der Waals surface area contributed by atoms with Gasteiger partial charge in [-0.3, -0.25) is 0 Å². The Morgan fingerprint density at radius 2 is 2.10 bits per heavy atom. The van der Waals surface area contributed by atoms with E-state index in [9.17, 15) is 16.8 Å². The highest BCUT2D eigenvalue weighted by Gasteiger charge is 2.35. The Morgan fingerprint density at radius 1 is 1.38 bits per heavy atom. The first kappa shape index (κ1) is 15.8. The number of aromatic nitrogens is 1. The van der Waals surface area contributed by atoms with Gasteiger partial charge < -0.3 is 0 Å². The Hall–Kier alpha value is -1.54. The minimum atomic E-state index is -3.97. The van der Waals surface area contributed by atoms with E-state index in [1.807, 2.05) is 0 Å². The van der Waals surface area contributed by atoms with Gasteiger partial charge in [0.25, 0.3) is 0 Å². The first-order valence-electron chi connectivity index (χ1n) is 6.13. The molecule has 0 spiro atoms. The number of hydrogen-bond donors (Lipinski definition) is 1. The van der Waals surface area contributed by atoms with Crippen molar-refractivity contribution in [1.29, 1.82) is 5.26 Å². The smallest absolute Gasteiger partial charge is 0.244 e. The standard InChI is InChI=1S/C11H14N4O4S2/c12-7-10-11(4-1-5-14-10)21(18,19)15-6-2-3-9(8-15)20(13,16)17/h1,4-5,9H,2-3,6,8H2,(H2,13,16,17). The molecule has 1 aromatic rings. The monoisotopic (exact) mass is 330 g/mol. The normalized spacial score (nSPS) is 20.9. The lowest BCUT2D eigenvalue weighted by molar-refractivity contribution is 0.346. The molecule has 1 atom stereocenters. The summed E-state index contributed by atoms with van der Waals surface area (Å²) in [6.07, 6.45) is 2.03. The molecule has 0 bridgehead atoms. The zero-order valence-corrected chi connectivity index (χ0v) is 12.6. The summed E-state index contributed by atoms with van der Waals surface area (Å²) in [5.41, 5.74) is -0.213. The summed E-state index contributed by atoms with van der Waals surface area (Å²) in [5.74, 6) is 0. The van der Waals surface area contributed by atoms with Crippen LogP contribution in [-0.4, -0.2) is 44.5 Å². The van der Waals surface area contributed by atoms with Gasteiger partial charge in [0.15, 0.2) is 5.69 Å². The van der Waals surface area contributed by atoms with Crippen molar-refractivity contribution in [1.82, 2.24) is 9.29 Å². The van der Waals surface area contributed by atoms with Gasteiger partial charge in [0.2, 0.25) is 20.0 Å². The summed E-state index contributed by atoms with van der Waals surface area (Å²) in [7, 11) is -7.77. The van der Waals surface area contributed by atoms with Crippen molar-refractivity contribution in [3.8, 4) is 6.07 Å². The molecule has 2 heterocycles. The Balaban J connectivity index is 2.38. The van der Waals surface area contributed by atoms with Gasteiger partial charge in [0.05, 0.1) is 5.25 Å².